The Morgan fingerprint density at radius 1 is 1.26 bits per heavy atom. The third-order valence-electron chi connectivity index (χ3n) is 3.53. The number of furan rings is 1. The molecule has 1 fully saturated rings. The van der Waals surface area contributed by atoms with Crippen molar-refractivity contribution < 1.29 is 21.8 Å². The average molecular weight is 335 g/mol. The van der Waals surface area contributed by atoms with Gasteiger partial charge in [0.1, 0.15) is 5.75 Å². The lowest BCUT2D eigenvalue weighted by Crippen LogP contribution is -2.32. The SMILES string of the molecule is CS(=O)(=O)Oc1ccccc1CN(C(=O)c1ccco1)C1CC1. The maximum absolute atomic E-state index is 12.6. The maximum Gasteiger partial charge on any atom is 0.306 e. The fourth-order valence-electron chi connectivity index (χ4n) is 2.36. The number of rotatable bonds is 6. The highest BCUT2D eigenvalue weighted by Crippen LogP contribution is 2.32. The van der Waals surface area contributed by atoms with Gasteiger partial charge in [0, 0.05) is 11.6 Å². The number of hydrogen-bond donors (Lipinski definition) is 0. The van der Waals surface area contributed by atoms with Crippen LogP contribution in [0.2, 0.25) is 0 Å². The number of amides is 1. The van der Waals surface area contributed by atoms with Crippen LogP contribution in [0.5, 0.6) is 5.75 Å². The molecule has 0 N–H and O–H groups in total. The lowest BCUT2D eigenvalue weighted by Gasteiger charge is -2.22. The van der Waals surface area contributed by atoms with E-state index in [9.17, 15) is 13.2 Å². The Morgan fingerprint density at radius 2 is 2.00 bits per heavy atom. The summed E-state index contributed by atoms with van der Waals surface area (Å²) in [4.78, 5) is 14.3. The Labute approximate surface area is 134 Å². The molecule has 0 aliphatic heterocycles. The molecule has 1 aromatic carbocycles. The summed E-state index contributed by atoms with van der Waals surface area (Å²) in [5.41, 5.74) is 0.643. The van der Waals surface area contributed by atoms with Gasteiger partial charge in [0.25, 0.3) is 5.91 Å². The minimum absolute atomic E-state index is 0.152. The number of benzene rings is 1. The standard InChI is InChI=1S/C16H17NO5S/c1-23(19,20)22-14-6-3-2-5-12(14)11-17(13-8-9-13)16(18)15-7-4-10-21-15/h2-7,10,13H,8-9,11H2,1H3. The Bertz CT molecular complexity index is 794. The van der Waals surface area contributed by atoms with Gasteiger partial charge in [-0.25, -0.2) is 0 Å². The molecular weight excluding hydrogens is 318 g/mol. The Hall–Kier alpha value is -2.28. The van der Waals surface area contributed by atoms with Gasteiger partial charge in [0.2, 0.25) is 0 Å². The van der Waals surface area contributed by atoms with E-state index in [1.165, 1.54) is 6.26 Å². The van der Waals surface area contributed by atoms with Gasteiger partial charge < -0.3 is 13.5 Å². The molecule has 23 heavy (non-hydrogen) atoms. The third kappa shape index (κ3) is 3.92. The lowest BCUT2D eigenvalue weighted by molar-refractivity contribution is 0.0697. The van der Waals surface area contributed by atoms with Crippen molar-refractivity contribution in [3.05, 3.63) is 54.0 Å². The van der Waals surface area contributed by atoms with Gasteiger partial charge in [-0.1, -0.05) is 18.2 Å². The summed E-state index contributed by atoms with van der Waals surface area (Å²) in [6, 6.07) is 10.3. The molecule has 6 nitrogen and oxygen atoms in total. The first-order chi connectivity index (χ1) is 10.9. The van der Waals surface area contributed by atoms with Crippen LogP contribution in [0.4, 0.5) is 0 Å². The normalized spacial score (nSPS) is 14.5. The van der Waals surface area contributed by atoms with Crippen molar-refractivity contribution >= 4 is 16.0 Å². The third-order valence-corrected chi connectivity index (χ3v) is 4.02. The van der Waals surface area contributed by atoms with E-state index in [-0.39, 0.29) is 30.0 Å². The molecule has 1 heterocycles. The van der Waals surface area contributed by atoms with Crippen LogP contribution < -0.4 is 4.18 Å². The van der Waals surface area contributed by atoms with Gasteiger partial charge in [-0.05, 0) is 31.0 Å². The van der Waals surface area contributed by atoms with Gasteiger partial charge in [-0.15, -0.1) is 0 Å². The predicted octanol–water partition coefficient (Wildman–Crippen LogP) is 2.42. The van der Waals surface area contributed by atoms with Gasteiger partial charge in [-0.3, -0.25) is 4.79 Å². The fraction of sp³-hybridized carbons (Fsp3) is 0.312. The van der Waals surface area contributed by atoms with Gasteiger partial charge in [0.15, 0.2) is 5.76 Å². The van der Waals surface area contributed by atoms with Crippen molar-refractivity contribution in [1.29, 1.82) is 0 Å². The number of nitrogens with zero attached hydrogens (tertiary/aromatic N) is 1. The summed E-state index contributed by atoms with van der Waals surface area (Å²) >= 11 is 0. The van der Waals surface area contributed by atoms with Gasteiger partial charge in [-0.2, -0.15) is 8.42 Å². The van der Waals surface area contributed by atoms with E-state index >= 15 is 0 Å². The molecule has 0 saturated heterocycles. The Morgan fingerprint density at radius 3 is 2.61 bits per heavy atom. The average Bonchev–Trinajstić information content (AvgIpc) is 3.17. The molecule has 1 saturated carbocycles. The molecule has 0 atom stereocenters. The molecule has 0 radical (unpaired) electrons. The Kier molecular flexibility index (Phi) is 4.12. The quantitative estimate of drug-likeness (QED) is 0.758. The van der Waals surface area contributed by atoms with Crippen molar-refractivity contribution in [1.82, 2.24) is 4.90 Å². The van der Waals surface area contributed by atoms with Crippen LogP contribution in [-0.2, 0) is 16.7 Å². The Balaban J connectivity index is 1.85. The van der Waals surface area contributed by atoms with Crippen LogP contribution in [0, 0.1) is 0 Å². The first-order valence-electron chi connectivity index (χ1n) is 7.26. The zero-order valence-corrected chi connectivity index (χ0v) is 13.5. The second-order valence-electron chi connectivity index (χ2n) is 5.54. The van der Waals surface area contributed by atoms with E-state index in [1.54, 1.807) is 41.3 Å². The molecule has 0 bridgehead atoms. The first kappa shape index (κ1) is 15.6. The number of carbonyl (C=O) groups is 1. The highest BCUT2D eigenvalue weighted by molar-refractivity contribution is 7.86. The molecule has 3 rings (SSSR count). The van der Waals surface area contributed by atoms with Crippen molar-refractivity contribution in [3.63, 3.8) is 0 Å². The summed E-state index contributed by atoms with van der Waals surface area (Å²) < 4.78 is 33.0. The highest BCUT2D eigenvalue weighted by Gasteiger charge is 2.34. The van der Waals surface area contributed by atoms with Gasteiger partial charge in [0.05, 0.1) is 19.1 Å². The summed E-state index contributed by atoms with van der Waals surface area (Å²) in [6.45, 7) is 0.274. The van der Waals surface area contributed by atoms with Crippen LogP contribution in [0.1, 0.15) is 29.0 Å². The monoisotopic (exact) mass is 335 g/mol. The number of carbonyl (C=O) groups excluding carboxylic acids is 1. The number of hydrogen-bond acceptors (Lipinski definition) is 5. The first-order valence-corrected chi connectivity index (χ1v) is 9.07. The van der Waals surface area contributed by atoms with E-state index < -0.39 is 10.1 Å². The molecule has 1 aliphatic rings. The maximum atomic E-state index is 12.6. The largest absolute Gasteiger partial charge is 0.459 e. The molecular formula is C16H17NO5S. The van der Waals surface area contributed by atoms with Crippen LogP contribution in [-0.4, -0.2) is 31.5 Å². The van der Waals surface area contributed by atoms with E-state index in [0.717, 1.165) is 19.1 Å². The molecule has 7 heteroatoms. The number of para-hydroxylation sites is 1. The zero-order chi connectivity index (χ0) is 16.4. The second kappa shape index (κ2) is 6.08. The van der Waals surface area contributed by atoms with Crippen LogP contribution in [0.25, 0.3) is 0 Å². The molecule has 0 unspecified atom stereocenters. The molecule has 2 aromatic rings. The summed E-state index contributed by atoms with van der Waals surface area (Å²) in [5.74, 6) is 0.318. The predicted molar refractivity (Wildman–Crippen MR) is 83.5 cm³/mol. The summed E-state index contributed by atoms with van der Waals surface area (Å²) in [5, 5.41) is 0. The van der Waals surface area contributed by atoms with Crippen LogP contribution >= 0.6 is 0 Å². The molecule has 1 aliphatic carbocycles. The molecule has 0 spiro atoms. The van der Waals surface area contributed by atoms with Crippen molar-refractivity contribution in [3.8, 4) is 5.75 Å². The van der Waals surface area contributed by atoms with Crippen LogP contribution in [0.15, 0.2) is 47.1 Å². The van der Waals surface area contributed by atoms with E-state index in [0.29, 0.717) is 5.56 Å². The summed E-state index contributed by atoms with van der Waals surface area (Å²) in [6.07, 6.45) is 4.32. The van der Waals surface area contributed by atoms with Crippen LogP contribution in [0.3, 0.4) is 0 Å². The second-order valence-corrected chi connectivity index (χ2v) is 7.11. The fourth-order valence-corrected chi connectivity index (χ4v) is 2.85. The zero-order valence-electron chi connectivity index (χ0n) is 12.6. The van der Waals surface area contributed by atoms with E-state index in [1.807, 2.05) is 0 Å². The highest BCUT2D eigenvalue weighted by atomic mass is 32.2. The molecule has 122 valence electrons. The van der Waals surface area contributed by atoms with Gasteiger partial charge >= 0.3 is 10.1 Å². The van der Waals surface area contributed by atoms with Crippen molar-refractivity contribution in [2.75, 3.05) is 6.26 Å². The van der Waals surface area contributed by atoms with E-state index in [4.69, 9.17) is 8.60 Å². The van der Waals surface area contributed by atoms with Crippen molar-refractivity contribution in [2.24, 2.45) is 0 Å². The topological polar surface area (TPSA) is 76.8 Å². The van der Waals surface area contributed by atoms with Crippen molar-refractivity contribution in [2.45, 2.75) is 25.4 Å². The lowest BCUT2D eigenvalue weighted by atomic mass is 10.2. The smallest absolute Gasteiger partial charge is 0.306 e. The minimum Gasteiger partial charge on any atom is -0.459 e. The minimum atomic E-state index is -3.63. The van der Waals surface area contributed by atoms with E-state index in [2.05, 4.69) is 0 Å². The summed E-state index contributed by atoms with van der Waals surface area (Å²) in [7, 11) is -3.63. The molecule has 1 amide bonds. The molecule has 1 aromatic heterocycles.